The Morgan fingerprint density at radius 3 is 2.55 bits per heavy atom. The molecule has 0 N–H and O–H groups in total. The molecule has 1 rings (SSSR count). The predicted octanol–water partition coefficient (Wildman–Crippen LogP) is 3.13. The second-order valence-corrected chi connectivity index (χ2v) is 5.40. The molecule has 108 valence electrons. The molecule has 0 bridgehead atoms. The number of hydrogen-bond donors (Lipinski definition) is 0. The van der Waals surface area contributed by atoms with Crippen LogP contribution in [0.4, 0.5) is 4.79 Å². The molecule has 1 aromatic rings. The number of carbonyl (C=O) groups excluding carboxylic acids is 1. The lowest BCUT2D eigenvalue weighted by molar-refractivity contribution is 0.0258. The maximum Gasteiger partial charge on any atom is 0.411 e. The zero-order valence-corrected chi connectivity index (χ0v) is 12.5. The average molecular weight is 276 g/mol. The minimum atomic E-state index is -0.722. The monoisotopic (exact) mass is 276 g/mol. The minimum Gasteiger partial charge on any atom is -0.497 e. The molecule has 1 aromatic carbocycles. The summed E-state index contributed by atoms with van der Waals surface area (Å²) in [6, 6.07) is 8.45. The Morgan fingerprint density at radius 1 is 1.40 bits per heavy atom. The molecule has 1 unspecified atom stereocenters. The summed E-state index contributed by atoms with van der Waals surface area (Å²) in [5, 5.41) is 9.32. The van der Waals surface area contributed by atoms with Crippen LogP contribution in [-0.2, 0) is 4.74 Å². The van der Waals surface area contributed by atoms with Crippen molar-refractivity contribution >= 4 is 6.09 Å². The fourth-order valence-corrected chi connectivity index (χ4v) is 1.64. The zero-order valence-electron chi connectivity index (χ0n) is 12.5. The molecule has 0 radical (unpaired) electrons. The molecule has 5 heteroatoms. The standard InChI is InChI=1S/C15H20N2O3/c1-15(2,3)20-14(18)17(4)13(10-16)11-7-6-8-12(9-11)19-5/h6-9,13H,1-5H3. The van der Waals surface area contributed by atoms with E-state index in [0.29, 0.717) is 11.3 Å². The van der Waals surface area contributed by atoms with Crippen molar-refractivity contribution in [1.82, 2.24) is 4.90 Å². The van der Waals surface area contributed by atoms with E-state index in [1.165, 1.54) is 4.90 Å². The van der Waals surface area contributed by atoms with Crippen LogP contribution in [0.3, 0.4) is 0 Å². The van der Waals surface area contributed by atoms with E-state index >= 15 is 0 Å². The van der Waals surface area contributed by atoms with Gasteiger partial charge in [0.15, 0.2) is 0 Å². The average Bonchev–Trinajstić information content (AvgIpc) is 2.37. The van der Waals surface area contributed by atoms with E-state index in [2.05, 4.69) is 6.07 Å². The number of nitrogens with zero attached hydrogens (tertiary/aromatic N) is 2. The number of nitriles is 1. The Kier molecular flexibility index (Phi) is 4.98. The van der Waals surface area contributed by atoms with Crippen LogP contribution in [0.5, 0.6) is 5.75 Å². The summed E-state index contributed by atoms with van der Waals surface area (Å²) >= 11 is 0. The van der Waals surface area contributed by atoms with E-state index in [-0.39, 0.29) is 0 Å². The van der Waals surface area contributed by atoms with Crippen molar-refractivity contribution in [3.63, 3.8) is 0 Å². The normalized spacial score (nSPS) is 12.2. The molecule has 1 atom stereocenters. The molecule has 0 aliphatic heterocycles. The van der Waals surface area contributed by atoms with Crippen molar-refractivity contribution in [2.24, 2.45) is 0 Å². The fraction of sp³-hybridized carbons (Fsp3) is 0.467. The predicted molar refractivity (Wildman–Crippen MR) is 75.3 cm³/mol. The van der Waals surface area contributed by atoms with E-state index in [0.717, 1.165) is 0 Å². The highest BCUT2D eigenvalue weighted by Crippen LogP contribution is 2.24. The molecule has 0 saturated carbocycles. The molecule has 0 spiro atoms. The third-order valence-corrected chi connectivity index (χ3v) is 2.60. The van der Waals surface area contributed by atoms with Gasteiger partial charge >= 0.3 is 6.09 Å². The van der Waals surface area contributed by atoms with Gasteiger partial charge in [0.2, 0.25) is 0 Å². The van der Waals surface area contributed by atoms with Crippen LogP contribution in [0.15, 0.2) is 24.3 Å². The lowest BCUT2D eigenvalue weighted by atomic mass is 10.1. The smallest absolute Gasteiger partial charge is 0.411 e. The third-order valence-electron chi connectivity index (χ3n) is 2.60. The van der Waals surface area contributed by atoms with Crippen LogP contribution in [-0.4, -0.2) is 30.8 Å². The lowest BCUT2D eigenvalue weighted by Crippen LogP contribution is -2.36. The summed E-state index contributed by atoms with van der Waals surface area (Å²) in [6.45, 7) is 5.35. The molecule has 20 heavy (non-hydrogen) atoms. The second-order valence-electron chi connectivity index (χ2n) is 5.40. The number of methoxy groups -OCH3 is 1. The van der Waals surface area contributed by atoms with Crippen LogP contribution in [0.1, 0.15) is 32.4 Å². The Hall–Kier alpha value is -2.22. The van der Waals surface area contributed by atoms with E-state index in [4.69, 9.17) is 9.47 Å². The first-order valence-electron chi connectivity index (χ1n) is 6.28. The summed E-state index contributed by atoms with van der Waals surface area (Å²) in [4.78, 5) is 13.3. The molecule has 0 aromatic heterocycles. The van der Waals surface area contributed by atoms with Crippen molar-refractivity contribution in [3.05, 3.63) is 29.8 Å². The van der Waals surface area contributed by atoms with E-state index in [1.807, 2.05) is 0 Å². The topological polar surface area (TPSA) is 62.6 Å². The molecule has 0 aliphatic carbocycles. The SMILES string of the molecule is COc1cccc(C(C#N)N(C)C(=O)OC(C)(C)C)c1. The summed E-state index contributed by atoms with van der Waals surface area (Å²) in [7, 11) is 3.10. The second kappa shape index (κ2) is 6.29. The van der Waals surface area contributed by atoms with E-state index in [1.54, 1.807) is 59.2 Å². The summed E-state index contributed by atoms with van der Waals surface area (Å²) in [6.07, 6.45) is -0.535. The highest BCUT2D eigenvalue weighted by atomic mass is 16.6. The molecule has 1 amide bonds. The Labute approximate surface area is 119 Å². The number of hydrogen-bond acceptors (Lipinski definition) is 4. The van der Waals surface area contributed by atoms with Gasteiger partial charge in [-0.05, 0) is 38.5 Å². The maximum atomic E-state index is 12.0. The molecule has 0 fully saturated rings. The van der Waals surface area contributed by atoms with Gasteiger partial charge < -0.3 is 9.47 Å². The third kappa shape index (κ3) is 4.16. The van der Waals surface area contributed by atoms with Crippen LogP contribution < -0.4 is 4.74 Å². The number of amides is 1. The van der Waals surface area contributed by atoms with Gasteiger partial charge in [-0.1, -0.05) is 12.1 Å². The van der Waals surface area contributed by atoms with Gasteiger partial charge in [-0.15, -0.1) is 0 Å². The number of benzene rings is 1. The number of ether oxygens (including phenoxy) is 2. The zero-order chi connectivity index (χ0) is 15.3. The Bertz CT molecular complexity index is 515. The van der Waals surface area contributed by atoms with Gasteiger partial charge in [0.1, 0.15) is 17.4 Å². The summed E-state index contributed by atoms with van der Waals surface area (Å²) in [5.41, 5.74) is 0.0833. The molecule has 0 saturated heterocycles. The first-order chi connectivity index (χ1) is 9.28. The quantitative estimate of drug-likeness (QED) is 0.851. The van der Waals surface area contributed by atoms with E-state index < -0.39 is 17.7 Å². The van der Waals surface area contributed by atoms with Crippen LogP contribution >= 0.6 is 0 Å². The first-order valence-corrected chi connectivity index (χ1v) is 6.28. The summed E-state index contributed by atoms with van der Waals surface area (Å²) in [5.74, 6) is 0.639. The van der Waals surface area contributed by atoms with Gasteiger partial charge in [-0.3, -0.25) is 4.90 Å². The van der Waals surface area contributed by atoms with Crippen LogP contribution in [0.2, 0.25) is 0 Å². The van der Waals surface area contributed by atoms with Crippen LogP contribution in [0.25, 0.3) is 0 Å². The van der Waals surface area contributed by atoms with Gasteiger partial charge in [-0.2, -0.15) is 5.26 Å². The van der Waals surface area contributed by atoms with Gasteiger partial charge in [0.25, 0.3) is 0 Å². The first kappa shape index (κ1) is 15.8. The van der Waals surface area contributed by atoms with Crippen molar-refractivity contribution in [2.45, 2.75) is 32.4 Å². The van der Waals surface area contributed by atoms with E-state index in [9.17, 15) is 10.1 Å². The van der Waals surface area contributed by atoms with Crippen molar-refractivity contribution in [2.75, 3.05) is 14.2 Å². The van der Waals surface area contributed by atoms with Gasteiger partial charge in [0, 0.05) is 7.05 Å². The van der Waals surface area contributed by atoms with Crippen molar-refractivity contribution in [3.8, 4) is 11.8 Å². The van der Waals surface area contributed by atoms with Gasteiger partial charge in [-0.25, -0.2) is 4.79 Å². The molecule has 5 nitrogen and oxygen atoms in total. The molecule has 0 heterocycles. The van der Waals surface area contributed by atoms with Crippen molar-refractivity contribution in [1.29, 1.82) is 5.26 Å². The van der Waals surface area contributed by atoms with Crippen LogP contribution in [0, 0.1) is 11.3 Å². The molecule has 0 aliphatic rings. The fourth-order valence-electron chi connectivity index (χ4n) is 1.64. The molecular weight excluding hydrogens is 256 g/mol. The van der Waals surface area contributed by atoms with Gasteiger partial charge in [0.05, 0.1) is 13.2 Å². The maximum absolute atomic E-state index is 12.0. The largest absolute Gasteiger partial charge is 0.497 e. The summed E-state index contributed by atoms with van der Waals surface area (Å²) < 4.78 is 10.4. The lowest BCUT2D eigenvalue weighted by Gasteiger charge is -2.27. The number of rotatable bonds is 3. The van der Waals surface area contributed by atoms with Crippen molar-refractivity contribution < 1.29 is 14.3 Å². The Balaban J connectivity index is 2.95. The Morgan fingerprint density at radius 2 is 2.05 bits per heavy atom. The minimum absolute atomic E-state index is 0.535. The highest BCUT2D eigenvalue weighted by molar-refractivity contribution is 5.69. The molecular formula is C15H20N2O3. The highest BCUT2D eigenvalue weighted by Gasteiger charge is 2.26. The number of carbonyl (C=O) groups is 1.